The Morgan fingerprint density at radius 1 is 0.559 bits per heavy atom. The van der Waals surface area contributed by atoms with Gasteiger partial charge in [0.25, 0.3) is 0 Å². The summed E-state index contributed by atoms with van der Waals surface area (Å²) in [7, 11) is 1.60. The highest BCUT2D eigenvalue weighted by atomic mass is 16.8. The Hall–Kier alpha value is -4.70. The Labute approximate surface area is 344 Å². The molecule has 0 aliphatic carbocycles. The van der Waals surface area contributed by atoms with Crippen LogP contribution in [0.15, 0.2) is 146 Å². The zero-order valence-corrected chi connectivity index (χ0v) is 32.7. The number of methoxy groups -OCH3 is 1. The van der Waals surface area contributed by atoms with Crippen LogP contribution >= 0.6 is 0 Å². The molecule has 3 aliphatic heterocycles. The van der Waals surface area contributed by atoms with Gasteiger partial charge in [-0.2, -0.15) is 0 Å². The molecule has 5 aromatic rings. The third-order valence-corrected chi connectivity index (χ3v) is 10.6. The van der Waals surface area contributed by atoms with Crippen LogP contribution in [0.5, 0.6) is 11.5 Å². The molecular formula is C47H50O12. The van der Waals surface area contributed by atoms with Crippen molar-refractivity contribution in [2.24, 2.45) is 0 Å². The van der Waals surface area contributed by atoms with Gasteiger partial charge < -0.3 is 57.6 Å². The summed E-state index contributed by atoms with van der Waals surface area (Å²) in [5.41, 5.74) is 3.60. The first kappa shape index (κ1) is 41.1. The van der Waals surface area contributed by atoms with E-state index in [1.165, 1.54) is 0 Å². The molecule has 5 aromatic carbocycles. The normalized spacial score (nSPS) is 29.3. The maximum absolute atomic E-state index is 11.7. The van der Waals surface area contributed by atoms with Crippen molar-refractivity contribution < 1.29 is 57.6 Å². The van der Waals surface area contributed by atoms with Gasteiger partial charge in [-0.15, -0.1) is 0 Å². The molecule has 3 fully saturated rings. The highest BCUT2D eigenvalue weighted by Gasteiger charge is 2.54. The molecule has 0 aromatic heterocycles. The quantitative estimate of drug-likeness (QED) is 0.119. The monoisotopic (exact) mass is 806 g/mol. The number of hydrogen-bond donors (Lipinski definition) is 2. The van der Waals surface area contributed by atoms with Gasteiger partial charge in [-0.1, -0.05) is 121 Å². The molecule has 8 rings (SSSR count). The Kier molecular flexibility index (Phi) is 13.9. The summed E-state index contributed by atoms with van der Waals surface area (Å²) in [6, 6.07) is 45.9. The molecule has 1 unspecified atom stereocenters. The van der Waals surface area contributed by atoms with Gasteiger partial charge in [0.1, 0.15) is 60.3 Å². The number of hydrogen-bond acceptors (Lipinski definition) is 12. The fourth-order valence-electron chi connectivity index (χ4n) is 7.45. The minimum Gasteiger partial charge on any atom is -0.497 e. The minimum absolute atomic E-state index is 0.0427. The lowest BCUT2D eigenvalue weighted by Gasteiger charge is -2.50. The smallest absolute Gasteiger partial charge is 0.229 e. The van der Waals surface area contributed by atoms with E-state index in [-0.39, 0.29) is 26.4 Å². The van der Waals surface area contributed by atoms with Crippen molar-refractivity contribution in [1.82, 2.24) is 0 Å². The van der Waals surface area contributed by atoms with Crippen molar-refractivity contribution in [3.05, 3.63) is 168 Å². The minimum atomic E-state index is -1.51. The van der Waals surface area contributed by atoms with Gasteiger partial charge in [-0.25, -0.2) is 0 Å². The summed E-state index contributed by atoms with van der Waals surface area (Å²) >= 11 is 0. The van der Waals surface area contributed by atoms with Crippen LogP contribution in [-0.4, -0.2) is 91.9 Å². The lowest BCUT2D eigenvalue weighted by Crippen LogP contribution is -2.66. The summed E-state index contributed by atoms with van der Waals surface area (Å²) in [5, 5.41) is 23.2. The molecule has 59 heavy (non-hydrogen) atoms. The second-order valence-electron chi connectivity index (χ2n) is 14.7. The number of aliphatic hydroxyl groups is 2. The molecule has 3 heterocycles. The standard InChI is InChI=1S/C47H50O12/c1-50-35-22-24-36(25-23-35)55-47-44(53-28-33-18-10-4-11-19-33)43(52-27-32-16-8-3-9-17-32)42(37(57-47)29-51-26-31-14-6-2-7-15-31)59-46-40(49)39(48)41-38(56-46)30-54-45(58-41)34-20-12-5-13-21-34/h2-25,37-49H,26-30H2,1H3/t37-,38-,39-,40-,41+,42-,43+,44-,45?,46+,47-/m1/s1. The molecule has 0 bridgehead atoms. The van der Waals surface area contributed by atoms with Gasteiger partial charge in [0.15, 0.2) is 12.6 Å². The van der Waals surface area contributed by atoms with Crippen molar-refractivity contribution >= 4 is 0 Å². The van der Waals surface area contributed by atoms with E-state index in [9.17, 15) is 10.2 Å². The molecule has 12 nitrogen and oxygen atoms in total. The fraction of sp³-hybridized carbons (Fsp3) is 0.362. The third-order valence-electron chi connectivity index (χ3n) is 10.6. The average molecular weight is 807 g/mol. The van der Waals surface area contributed by atoms with Crippen LogP contribution in [0.2, 0.25) is 0 Å². The maximum Gasteiger partial charge on any atom is 0.229 e. The molecule has 3 aliphatic rings. The third kappa shape index (κ3) is 10.4. The first-order chi connectivity index (χ1) is 29.0. The Morgan fingerprint density at radius 2 is 1.12 bits per heavy atom. The van der Waals surface area contributed by atoms with Gasteiger partial charge in [0, 0.05) is 5.56 Å². The average Bonchev–Trinajstić information content (AvgIpc) is 3.29. The SMILES string of the molecule is COc1ccc(O[C@@H]2O[C@H](COCc3ccccc3)[C@@H](O[C@@H]3O[C@@H]4COC(c5ccccc5)O[C@@H]4[C@H](O)[C@H]3O)[C@H](OCc3ccccc3)[C@H]2OCc2ccccc2)cc1. The second-order valence-corrected chi connectivity index (χ2v) is 14.7. The van der Waals surface area contributed by atoms with Crippen molar-refractivity contribution in [3.8, 4) is 11.5 Å². The van der Waals surface area contributed by atoms with E-state index >= 15 is 0 Å². The lowest BCUT2D eigenvalue weighted by molar-refractivity contribution is -0.387. The summed E-state index contributed by atoms with van der Waals surface area (Å²) in [4.78, 5) is 0. The van der Waals surface area contributed by atoms with Crippen LogP contribution in [0.25, 0.3) is 0 Å². The molecule has 0 radical (unpaired) electrons. The lowest BCUT2D eigenvalue weighted by atomic mass is 9.95. The zero-order chi connectivity index (χ0) is 40.4. The number of fused-ring (bicyclic) bond motifs is 1. The van der Waals surface area contributed by atoms with Gasteiger partial charge >= 0.3 is 0 Å². The summed E-state index contributed by atoms with van der Waals surface area (Å²) in [6.45, 7) is 0.817. The Morgan fingerprint density at radius 3 is 1.73 bits per heavy atom. The van der Waals surface area contributed by atoms with E-state index in [2.05, 4.69) is 0 Å². The van der Waals surface area contributed by atoms with Crippen LogP contribution in [0, 0.1) is 0 Å². The Bertz CT molecular complexity index is 1970. The predicted octanol–water partition coefficient (Wildman–Crippen LogP) is 6.13. The number of ether oxygens (including phenoxy) is 10. The number of aliphatic hydroxyl groups excluding tert-OH is 2. The molecule has 3 saturated heterocycles. The van der Waals surface area contributed by atoms with Gasteiger partial charge in [-0.3, -0.25) is 0 Å². The summed E-state index contributed by atoms with van der Waals surface area (Å²) < 4.78 is 64.0. The fourth-order valence-corrected chi connectivity index (χ4v) is 7.45. The van der Waals surface area contributed by atoms with E-state index in [0.29, 0.717) is 18.1 Å². The van der Waals surface area contributed by atoms with E-state index in [0.717, 1.165) is 22.3 Å². The highest BCUT2D eigenvalue weighted by Crippen LogP contribution is 2.38. The zero-order valence-electron chi connectivity index (χ0n) is 32.7. The largest absolute Gasteiger partial charge is 0.497 e. The van der Waals surface area contributed by atoms with E-state index in [1.54, 1.807) is 31.4 Å². The van der Waals surface area contributed by atoms with Gasteiger partial charge in [-0.05, 0) is 41.0 Å². The van der Waals surface area contributed by atoms with Crippen LogP contribution in [0.1, 0.15) is 28.5 Å². The highest BCUT2D eigenvalue weighted by molar-refractivity contribution is 5.31. The van der Waals surface area contributed by atoms with E-state index < -0.39 is 67.7 Å². The second kappa shape index (κ2) is 20.0. The molecular weight excluding hydrogens is 757 g/mol. The Balaban J connectivity index is 1.11. The van der Waals surface area contributed by atoms with Crippen LogP contribution in [0.4, 0.5) is 0 Å². The number of benzene rings is 5. The van der Waals surface area contributed by atoms with E-state index in [1.807, 2.05) is 121 Å². The summed E-state index contributed by atoms with van der Waals surface area (Å²) in [5.74, 6) is 1.18. The molecule has 0 amide bonds. The molecule has 0 saturated carbocycles. The van der Waals surface area contributed by atoms with Crippen molar-refractivity contribution in [2.75, 3.05) is 20.3 Å². The molecule has 11 atom stereocenters. The maximum atomic E-state index is 11.7. The summed E-state index contributed by atoms with van der Waals surface area (Å²) in [6.07, 6.45) is -11.2. The van der Waals surface area contributed by atoms with Crippen LogP contribution in [-0.2, 0) is 57.7 Å². The molecule has 0 spiro atoms. The van der Waals surface area contributed by atoms with Gasteiger partial charge in [0.2, 0.25) is 6.29 Å². The molecule has 12 heteroatoms. The van der Waals surface area contributed by atoms with Crippen LogP contribution < -0.4 is 9.47 Å². The van der Waals surface area contributed by atoms with Crippen molar-refractivity contribution in [3.63, 3.8) is 0 Å². The molecule has 2 N–H and O–H groups in total. The molecule has 310 valence electrons. The van der Waals surface area contributed by atoms with Crippen LogP contribution in [0.3, 0.4) is 0 Å². The van der Waals surface area contributed by atoms with Crippen molar-refractivity contribution in [1.29, 1.82) is 0 Å². The van der Waals surface area contributed by atoms with Gasteiger partial charge in [0.05, 0.1) is 40.1 Å². The van der Waals surface area contributed by atoms with Crippen molar-refractivity contribution in [2.45, 2.75) is 87.5 Å². The number of rotatable bonds is 16. The first-order valence-corrected chi connectivity index (χ1v) is 19.9. The predicted molar refractivity (Wildman–Crippen MR) is 214 cm³/mol. The topological polar surface area (TPSA) is 133 Å². The van der Waals surface area contributed by atoms with E-state index in [4.69, 9.17) is 47.4 Å². The first-order valence-electron chi connectivity index (χ1n) is 19.9.